The first-order chi connectivity index (χ1) is 9.91. The minimum Gasteiger partial charge on any atom is -0.481 e. The number of carboxylic acid groups (broad SMARTS) is 1. The van der Waals surface area contributed by atoms with Crippen LogP contribution in [0.15, 0.2) is 24.3 Å². The number of amides is 1. The molecule has 0 unspecified atom stereocenters. The summed E-state index contributed by atoms with van der Waals surface area (Å²) in [5, 5.41) is 12.1. The van der Waals surface area contributed by atoms with E-state index in [1.54, 1.807) is 38.1 Å². The fraction of sp³-hybridized carbons (Fsp3) is 0.500. The van der Waals surface area contributed by atoms with E-state index in [-0.39, 0.29) is 11.8 Å². The Balaban J connectivity index is 2.02. The van der Waals surface area contributed by atoms with Gasteiger partial charge in [0.2, 0.25) is 5.91 Å². The van der Waals surface area contributed by atoms with Crippen LogP contribution in [-0.2, 0) is 19.7 Å². The van der Waals surface area contributed by atoms with Gasteiger partial charge in [0, 0.05) is 24.8 Å². The Hall–Kier alpha value is -1.88. The van der Waals surface area contributed by atoms with E-state index >= 15 is 0 Å². The Morgan fingerprint density at radius 2 is 1.76 bits per heavy atom. The highest BCUT2D eigenvalue weighted by atomic mass is 16.5. The highest BCUT2D eigenvalue weighted by molar-refractivity contribution is 5.92. The van der Waals surface area contributed by atoms with Crippen LogP contribution in [0.1, 0.15) is 32.3 Å². The molecule has 1 aromatic carbocycles. The molecular weight excluding hydrogens is 270 g/mol. The first kappa shape index (κ1) is 15.5. The molecular formula is C16H21NO4. The van der Waals surface area contributed by atoms with E-state index in [1.165, 1.54) is 0 Å². The van der Waals surface area contributed by atoms with E-state index in [9.17, 15) is 14.7 Å². The molecule has 5 nitrogen and oxygen atoms in total. The normalized spacial score (nSPS) is 16.5. The quantitative estimate of drug-likeness (QED) is 0.893. The summed E-state index contributed by atoms with van der Waals surface area (Å²) in [5.74, 6) is -0.876. The summed E-state index contributed by atoms with van der Waals surface area (Å²) in [6.07, 6.45) is 1.49. The lowest BCUT2D eigenvalue weighted by Crippen LogP contribution is -2.29. The number of carbonyl (C=O) groups is 2. The van der Waals surface area contributed by atoms with Crippen molar-refractivity contribution in [2.75, 3.05) is 18.5 Å². The van der Waals surface area contributed by atoms with Gasteiger partial charge in [0.15, 0.2) is 0 Å². The SMILES string of the molecule is CC(C)(C(=O)O)c1ccc(NC(=O)C2CCOCC2)cc1. The van der Waals surface area contributed by atoms with Crippen molar-refractivity contribution in [2.45, 2.75) is 32.1 Å². The molecule has 0 saturated carbocycles. The molecule has 2 N–H and O–H groups in total. The molecule has 1 amide bonds. The van der Waals surface area contributed by atoms with Crippen molar-refractivity contribution in [3.8, 4) is 0 Å². The van der Waals surface area contributed by atoms with Crippen molar-refractivity contribution >= 4 is 17.6 Å². The number of aliphatic carboxylic acids is 1. The van der Waals surface area contributed by atoms with E-state index in [0.29, 0.717) is 24.5 Å². The average Bonchev–Trinajstić information content (AvgIpc) is 2.48. The van der Waals surface area contributed by atoms with Crippen LogP contribution in [0.5, 0.6) is 0 Å². The van der Waals surface area contributed by atoms with Crippen LogP contribution >= 0.6 is 0 Å². The number of anilines is 1. The predicted molar refractivity (Wildman–Crippen MR) is 79.3 cm³/mol. The van der Waals surface area contributed by atoms with Crippen LogP contribution in [0.25, 0.3) is 0 Å². The molecule has 2 rings (SSSR count). The van der Waals surface area contributed by atoms with Gasteiger partial charge in [0.1, 0.15) is 0 Å². The molecule has 1 fully saturated rings. The van der Waals surface area contributed by atoms with Gasteiger partial charge in [0.25, 0.3) is 0 Å². The molecule has 1 heterocycles. The molecule has 114 valence electrons. The summed E-state index contributed by atoms with van der Waals surface area (Å²) >= 11 is 0. The first-order valence-corrected chi connectivity index (χ1v) is 7.14. The van der Waals surface area contributed by atoms with Gasteiger partial charge in [-0.1, -0.05) is 12.1 Å². The zero-order valence-electron chi connectivity index (χ0n) is 12.4. The molecule has 0 spiro atoms. The molecule has 0 atom stereocenters. The molecule has 1 saturated heterocycles. The number of rotatable bonds is 4. The standard InChI is InChI=1S/C16H21NO4/c1-16(2,15(19)20)12-3-5-13(6-4-12)17-14(18)11-7-9-21-10-8-11/h3-6,11H,7-10H2,1-2H3,(H,17,18)(H,19,20). The predicted octanol–water partition coefficient (Wildman–Crippen LogP) is 2.41. The lowest BCUT2D eigenvalue weighted by atomic mass is 9.85. The molecule has 21 heavy (non-hydrogen) atoms. The van der Waals surface area contributed by atoms with Gasteiger partial charge < -0.3 is 15.2 Å². The summed E-state index contributed by atoms with van der Waals surface area (Å²) in [6, 6.07) is 6.98. The monoisotopic (exact) mass is 291 g/mol. The minimum absolute atomic E-state index is 0.00328. The molecule has 0 radical (unpaired) electrons. The van der Waals surface area contributed by atoms with Gasteiger partial charge in [-0.05, 0) is 44.4 Å². The van der Waals surface area contributed by atoms with Gasteiger partial charge in [-0.25, -0.2) is 0 Å². The lowest BCUT2D eigenvalue weighted by Gasteiger charge is -2.22. The van der Waals surface area contributed by atoms with E-state index in [4.69, 9.17) is 4.74 Å². The Bertz CT molecular complexity index is 516. The number of nitrogens with one attached hydrogen (secondary N) is 1. The second-order valence-corrected chi connectivity index (χ2v) is 5.88. The average molecular weight is 291 g/mol. The van der Waals surface area contributed by atoms with Crippen LogP contribution in [0, 0.1) is 5.92 Å². The Labute approximate surface area is 124 Å². The van der Waals surface area contributed by atoms with Crippen molar-refractivity contribution < 1.29 is 19.4 Å². The highest BCUT2D eigenvalue weighted by Crippen LogP contribution is 2.25. The van der Waals surface area contributed by atoms with E-state index in [2.05, 4.69) is 5.32 Å². The van der Waals surface area contributed by atoms with Gasteiger partial charge in [-0.15, -0.1) is 0 Å². The summed E-state index contributed by atoms with van der Waals surface area (Å²) in [4.78, 5) is 23.3. The summed E-state index contributed by atoms with van der Waals surface area (Å²) < 4.78 is 5.24. The number of carbonyl (C=O) groups excluding carboxylic acids is 1. The third-order valence-electron chi connectivity index (χ3n) is 4.00. The van der Waals surface area contributed by atoms with E-state index < -0.39 is 11.4 Å². The zero-order chi connectivity index (χ0) is 15.5. The summed E-state index contributed by atoms with van der Waals surface area (Å²) in [6.45, 7) is 4.57. The zero-order valence-corrected chi connectivity index (χ0v) is 12.4. The third-order valence-corrected chi connectivity index (χ3v) is 4.00. The van der Waals surface area contributed by atoms with Crippen LogP contribution in [0.3, 0.4) is 0 Å². The van der Waals surface area contributed by atoms with Crippen LogP contribution in [0.4, 0.5) is 5.69 Å². The molecule has 0 aliphatic carbocycles. The Kier molecular flexibility index (Phi) is 4.63. The smallest absolute Gasteiger partial charge is 0.313 e. The number of carboxylic acids is 1. The molecule has 0 bridgehead atoms. The van der Waals surface area contributed by atoms with Crippen LogP contribution in [0.2, 0.25) is 0 Å². The van der Waals surface area contributed by atoms with Crippen molar-refractivity contribution in [1.29, 1.82) is 0 Å². The third kappa shape index (κ3) is 3.61. The van der Waals surface area contributed by atoms with Crippen LogP contribution < -0.4 is 5.32 Å². The fourth-order valence-electron chi connectivity index (χ4n) is 2.30. The summed E-state index contributed by atoms with van der Waals surface area (Å²) in [7, 11) is 0. The minimum atomic E-state index is -0.941. The number of hydrogen-bond acceptors (Lipinski definition) is 3. The molecule has 1 aliphatic heterocycles. The van der Waals surface area contributed by atoms with Crippen molar-refractivity contribution in [3.05, 3.63) is 29.8 Å². The number of hydrogen-bond donors (Lipinski definition) is 2. The summed E-state index contributed by atoms with van der Waals surface area (Å²) in [5.41, 5.74) is 0.457. The fourth-order valence-corrected chi connectivity index (χ4v) is 2.30. The van der Waals surface area contributed by atoms with Crippen molar-refractivity contribution in [1.82, 2.24) is 0 Å². The topological polar surface area (TPSA) is 75.6 Å². The number of ether oxygens (including phenoxy) is 1. The maximum absolute atomic E-state index is 12.1. The van der Waals surface area contributed by atoms with Crippen molar-refractivity contribution in [2.24, 2.45) is 5.92 Å². The van der Waals surface area contributed by atoms with Gasteiger partial charge in [-0.2, -0.15) is 0 Å². The molecule has 5 heteroatoms. The second kappa shape index (κ2) is 6.26. The second-order valence-electron chi connectivity index (χ2n) is 5.88. The van der Waals surface area contributed by atoms with Gasteiger partial charge in [-0.3, -0.25) is 9.59 Å². The maximum Gasteiger partial charge on any atom is 0.313 e. The molecule has 1 aromatic rings. The molecule has 0 aromatic heterocycles. The molecule has 1 aliphatic rings. The van der Waals surface area contributed by atoms with E-state index in [0.717, 1.165) is 12.8 Å². The van der Waals surface area contributed by atoms with Gasteiger partial charge in [0.05, 0.1) is 5.41 Å². The number of benzene rings is 1. The van der Waals surface area contributed by atoms with Crippen molar-refractivity contribution in [3.63, 3.8) is 0 Å². The first-order valence-electron chi connectivity index (χ1n) is 7.14. The Morgan fingerprint density at radius 3 is 2.29 bits per heavy atom. The highest BCUT2D eigenvalue weighted by Gasteiger charge is 2.29. The maximum atomic E-state index is 12.1. The lowest BCUT2D eigenvalue weighted by molar-refractivity contribution is -0.142. The van der Waals surface area contributed by atoms with E-state index in [1.807, 2.05) is 0 Å². The van der Waals surface area contributed by atoms with Crippen LogP contribution in [-0.4, -0.2) is 30.2 Å². The Morgan fingerprint density at radius 1 is 1.19 bits per heavy atom. The van der Waals surface area contributed by atoms with Gasteiger partial charge >= 0.3 is 5.97 Å². The largest absolute Gasteiger partial charge is 0.481 e.